The summed E-state index contributed by atoms with van der Waals surface area (Å²) in [5, 5.41) is 5.57. The van der Waals surface area contributed by atoms with Gasteiger partial charge in [-0.2, -0.15) is 0 Å². The van der Waals surface area contributed by atoms with Crippen molar-refractivity contribution in [2.45, 2.75) is 32.7 Å². The summed E-state index contributed by atoms with van der Waals surface area (Å²) in [5.41, 5.74) is 0.990. The van der Waals surface area contributed by atoms with E-state index in [1.165, 1.54) is 16.2 Å². The molecule has 1 aromatic heterocycles. The molecule has 2 amide bonds. The highest BCUT2D eigenvalue weighted by Crippen LogP contribution is 2.24. The Morgan fingerprint density at radius 2 is 1.94 bits per heavy atom. The molecule has 0 saturated carbocycles. The third-order valence-corrected chi connectivity index (χ3v) is 3.60. The molecule has 18 heavy (non-hydrogen) atoms. The molecule has 1 aliphatic rings. The first kappa shape index (κ1) is 13.2. The average molecular weight is 267 g/mol. The Bertz CT molecular complexity index is 460. The Balaban J connectivity index is 2.11. The number of nitrogens with one attached hydrogen (secondary N) is 1. The summed E-state index contributed by atoms with van der Waals surface area (Å²) >= 11 is 1.50. The van der Waals surface area contributed by atoms with Crippen molar-refractivity contribution < 1.29 is 9.59 Å². The maximum absolute atomic E-state index is 11.6. The van der Waals surface area contributed by atoms with E-state index < -0.39 is 0 Å². The van der Waals surface area contributed by atoms with Gasteiger partial charge in [-0.3, -0.25) is 19.8 Å². The largest absolute Gasteiger partial charge is 0.300 e. The summed E-state index contributed by atoms with van der Waals surface area (Å²) in [7, 11) is 0. The molecule has 0 bridgehead atoms. The lowest BCUT2D eigenvalue weighted by Gasteiger charge is -2.24. The van der Waals surface area contributed by atoms with Gasteiger partial charge in [0.15, 0.2) is 0 Å². The van der Waals surface area contributed by atoms with Crippen LogP contribution in [0.3, 0.4) is 0 Å². The van der Waals surface area contributed by atoms with Gasteiger partial charge in [-0.15, -0.1) is 11.3 Å². The van der Waals surface area contributed by atoms with Gasteiger partial charge in [0.25, 0.3) is 0 Å². The number of amides is 2. The number of imide groups is 1. The fraction of sp³-hybridized carbons (Fsp3) is 0.583. The highest BCUT2D eigenvalue weighted by Gasteiger charge is 2.27. The first-order chi connectivity index (χ1) is 8.38. The van der Waals surface area contributed by atoms with Crippen LogP contribution in [0.25, 0.3) is 0 Å². The van der Waals surface area contributed by atoms with E-state index in [1.54, 1.807) is 0 Å². The summed E-state index contributed by atoms with van der Waals surface area (Å²) < 4.78 is 0. The zero-order valence-corrected chi connectivity index (χ0v) is 11.6. The lowest BCUT2D eigenvalue weighted by Crippen LogP contribution is -2.51. The number of rotatable bonds is 2. The summed E-state index contributed by atoms with van der Waals surface area (Å²) in [6.45, 7) is 7.01. The van der Waals surface area contributed by atoms with Gasteiger partial charge in [0.1, 0.15) is 5.01 Å². The third kappa shape index (κ3) is 2.76. The van der Waals surface area contributed by atoms with E-state index >= 15 is 0 Å². The van der Waals surface area contributed by atoms with Gasteiger partial charge in [-0.1, -0.05) is 20.8 Å². The molecule has 1 N–H and O–H groups in total. The van der Waals surface area contributed by atoms with Crippen LogP contribution in [-0.4, -0.2) is 34.8 Å². The fourth-order valence-electron chi connectivity index (χ4n) is 1.65. The quantitative estimate of drug-likeness (QED) is 0.809. The normalized spacial score (nSPS) is 17.4. The second kappa shape index (κ2) is 4.78. The first-order valence-corrected chi connectivity index (χ1v) is 6.74. The van der Waals surface area contributed by atoms with Gasteiger partial charge >= 0.3 is 0 Å². The summed E-state index contributed by atoms with van der Waals surface area (Å²) in [4.78, 5) is 29.0. The molecular weight excluding hydrogens is 250 g/mol. The van der Waals surface area contributed by atoms with Crippen LogP contribution in [0.1, 0.15) is 31.5 Å². The molecule has 2 heterocycles. The van der Waals surface area contributed by atoms with Crippen LogP contribution < -0.4 is 5.32 Å². The predicted octanol–water partition coefficient (Wildman–Crippen LogP) is 0.899. The maximum Gasteiger partial charge on any atom is 0.243 e. The van der Waals surface area contributed by atoms with Gasteiger partial charge in [0.2, 0.25) is 11.8 Å². The average Bonchev–Trinajstić information content (AvgIpc) is 2.72. The lowest BCUT2D eigenvalue weighted by atomic mass is 9.93. The SMILES string of the molecule is CC(C)(C)c1csc(CN2C(=O)CNCC2=O)n1. The van der Waals surface area contributed by atoms with E-state index in [4.69, 9.17) is 0 Å². The van der Waals surface area contributed by atoms with Crippen LogP contribution in [0.2, 0.25) is 0 Å². The molecule has 2 rings (SSSR count). The van der Waals surface area contributed by atoms with Crippen molar-refractivity contribution in [2.75, 3.05) is 13.1 Å². The van der Waals surface area contributed by atoms with Crippen LogP contribution in [-0.2, 0) is 21.5 Å². The summed E-state index contributed by atoms with van der Waals surface area (Å²) in [5.74, 6) is -0.363. The van der Waals surface area contributed by atoms with Crippen LogP contribution in [0.5, 0.6) is 0 Å². The number of thiazole rings is 1. The zero-order valence-electron chi connectivity index (χ0n) is 10.8. The van der Waals surface area contributed by atoms with Crippen molar-refractivity contribution in [3.8, 4) is 0 Å². The summed E-state index contributed by atoms with van der Waals surface area (Å²) in [6.07, 6.45) is 0. The molecule has 0 radical (unpaired) electrons. The monoisotopic (exact) mass is 267 g/mol. The molecule has 0 atom stereocenters. The van der Waals surface area contributed by atoms with Crippen molar-refractivity contribution in [3.63, 3.8) is 0 Å². The van der Waals surface area contributed by atoms with Gasteiger partial charge < -0.3 is 0 Å². The Morgan fingerprint density at radius 3 is 2.44 bits per heavy atom. The molecule has 1 aliphatic heterocycles. The highest BCUT2D eigenvalue weighted by molar-refractivity contribution is 7.09. The standard InChI is InChI=1S/C12H17N3O2S/c1-12(2,3)8-7-18-9(14-8)6-15-10(16)4-13-5-11(15)17/h7,13H,4-6H2,1-3H3. The molecule has 5 nitrogen and oxygen atoms in total. The number of aromatic nitrogens is 1. The fourth-order valence-corrected chi connectivity index (χ4v) is 2.65. The number of piperazine rings is 1. The van der Waals surface area contributed by atoms with Crippen LogP contribution in [0.15, 0.2) is 5.38 Å². The van der Waals surface area contributed by atoms with Crippen LogP contribution >= 0.6 is 11.3 Å². The zero-order chi connectivity index (χ0) is 13.3. The number of hydrogen-bond acceptors (Lipinski definition) is 5. The van der Waals surface area contributed by atoms with E-state index in [0.717, 1.165) is 10.7 Å². The van der Waals surface area contributed by atoms with Crippen molar-refractivity contribution >= 4 is 23.2 Å². The predicted molar refractivity (Wildman–Crippen MR) is 69.2 cm³/mol. The van der Waals surface area contributed by atoms with Crippen molar-refractivity contribution in [1.29, 1.82) is 0 Å². The Kier molecular flexibility index (Phi) is 3.49. The minimum Gasteiger partial charge on any atom is -0.300 e. The molecule has 98 valence electrons. The second-order valence-electron chi connectivity index (χ2n) is 5.35. The maximum atomic E-state index is 11.6. The molecular formula is C12H17N3O2S. The second-order valence-corrected chi connectivity index (χ2v) is 6.30. The highest BCUT2D eigenvalue weighted by atomic mass is 32.1. The molecule has 0 unspecified atom stereocenters. The summed E-state index contributed by atoms with van der Waals surface area (Å²) in [6, 6.07) is 0. The van der Waals surface area contributed by atoms with Gasteiger partial charge in [-0.25, -0.2) is 4.98 Å². The van der Waals surface area contributed by atoms with E-state index in [2.05, 4.69) is 31.1 Å². The van der Waals surface area contributed by atoms with Gasteiger partial charge in [-0.05, 0) is 0 Å². The number of carbonyl (C=O) groups is 2. The van der Waals surface area contributed by atoms with Gasteiger partial charge in [0.05, 0.1) is 25.3 Å². The van der Waals surface area contributed by atoms with Crippen molar-refractivity contribution in [3.05, 3.63) is 16.1 Å². The molecule has 0 aliphatic carbocycles. The number of hydrogen-bond donors (Lipinski definition) is 1. The molecule has 1 fully saturated rings. The third-order valence-electron chi connectivity index (χ3n) is 2.77. The van der Waals surface area contributed by atoms with Crippen molar-refractivity contribution in [2.24, 2.45) is 0 Å². The van der Waals surface area contributed by atoms with E-state index in [9.17, 15) is 9.59 Å². The topological polar surface area (TPSA) is 62.3 Å². The Labute approximate surface area is 110 Å². The number of nitrogens with zero attached hydrogens (tertiary/aromatic N) is 2. The number of carbonyl (C=O) groups excluding carboxylic acids is 2. The molecule has 0 aromatic carbocycles. The van der Waals surface area contributed by atoms with Crippen LogP contribution in [0.4, 0.5) is 0 Å². The van der Waals surface area contributed by atoms with Crippen LogP contribution in [0, 0.1) is 0 Å². The molecule has 6 heteroatoms. The Hall–Kier alpha value is -1.27. The van der Waals surface area contributed by atoms with E-state index in [0.29, 0.717) is 6.54 Å². The van der Waals surface area contributed by atoms with Gasteiger partial charge in [0, 0.05) is 10.8 Å². The van der Waals surface area contributed by atoms with Crippen molar-refractivity contribution in [1.82, 2.24) is 15.2 Å². The smallest absolute Gasteiger partial charge is 0.243 e. The minimum absolute atomic E-state index is 0.00772. The van der Waals surface area contributed by atoms with E-state index in [1.807, 2.05) is 5.38 Å². The minimum atomic E-state index is -0.182. The van der Waals surface area contributed by atoms with E-state index in [-0.39, 0.29) is 30.3 Å². The Morgan fingerprint density at radius 1 is 1.33 bits per heavy atom. The molecule has 0 spiro atoms. The lowest BCUT2D eigenvalue weighted by molar-refractivity contribution is -0.147. The first-order valence-electron chi connectivity index (χ1n) is 5.87. The molecule has 1 aromatic rings. The molecule has 1 saturated heterocycles.